The van der Waals surface area contributed by atoms with Gasteiger partial charge in [-0.2, -0.15) is 0 Å². The van der Waals surface area contributed by atoms with E-state index >= 15 is 0 Å². The Bertz CT molecular complexity index is 178. The molecule has 0 aromatic carbocycles. The molecule has 0 aliphatic rings. The summed E-state index contributed by atoms with van der Waals surface area (Å²) in [6.45, 7) is 4.66. The molecule has 0 saturated carbocycles. The fourth-order valence-electron chi connectivity index (χ4n) is 1.15. The summed E-state index contributed by atoms with van der Waals surface area (Å²) in [5.41, 5.74) is 1.16. The maximum atomic E-state index is 5.32. The maximum Gasteiger partial charge on any atom is 0.500 e. The molecule has 0 heterocycles. The zero-order valence-corrected chi connectivity index (χ0v) is 11.3. The van der Waals surface area contributed by atoms with Crippen LogP contribution in [0.25, 0.3) is 0 Å². The van der Waals surface area contributed by atoms with Crippen molar-refractivity contribution in [2.45, 2.75) is 26.3 Å². The van der Waals surface area contributed by atoms with Crippen molar-refractivity contribution in [3.8, 4) is 0 Å². The number of hydrogen-bond donors (Lipinski definition) is 0. The molecule has 90 valence electrons. The highest BCUT2D eigenvalue weighted by molar-refractivity contribution is 6.60. The fraction of sp³-hybridized carbons (Fsp3) is 0.800. The first-order chi connectivity index (χ1) is 7.10. The van der Waals surface area contributed by atoms with E-state index in [0.717, 1.165) is 18.0 Å². The highest BCUT2D eigenvalue weighted by Crippen LogP contribution is 2.14. The van der Waals surface area contributed by atoms with Gasteiger partial charge in [0, 0.05) is 27.4 Å². The van der Waals surface area contributed by atoms with Gasteiger partial charge in [-0.1, -0.05) is 0 Å². The van der Waals surface area contributed by atoms with E-state index in [1.807, 2.05) is 13.8 Å². The van der Waals surface area contributed by atoms with E-state index in [1.165, 1.54) is 0 Å². The Morgan fingerprint density at radius 1 is 1.07 bits per heavy atom. The molecule has 0 radical (unpaired) electrons. The van der Waals surface area contributed by atoms with E-state index in [0.29, 0.717) is 6.61 Å². The second-order valence-electron chi connectivity index (χ2n) is 3.46. The lowest BCUT2D eigenvalue weighted by molar-refractivity contribution is 0.119. The van der Waals surface area contributed by atoms with Crippen LogP contribution in [0, 0.1) is 0 Å². The van der Waals surface area contributed by atoms with E-state index in [1.54, 1.807) is 27.6 Å². The summed E-state index contributed by atoms with van der Waals surface area (Å²) < 4.78 is 21.2. The summed E-state index contributed by atoms with van der Waals surface area (Å²) in [6, 6.07) is 0.771. The quantitative estimate of drug-likeness (QED) is 0.366. The van der Waals surface area contributed by atoms with E-state index in [-0.39, 0.29) is 0 Å². The van der Waals surface area contributed by atoms with E-state index < -0.39 is 8.80 Å². The predicted molar refractivity (Wildman–Crippen MR) is 61.6 cm³/mol. The van der Waals surface area contributed by atoms with E-state index in [9.17, 15) is 0 Å². The molecule has 0 rings (SSSR count). The molecular weight excluding hydrogens is 212 g/mol. The smallest absolute Gasteiger partial charge is 0.500 e. The van der Waals surface area contributed by atoms with Crippen LogP contribution in [-0.4, -0.2) is 36.7 Å². The second-order valence-corrected chi connectivity index (χ2v) is 6.56. The molecule has 0 amide bonds. The molecule has 0 atom stereocenters. The van der Waals surface area contributed by atoms with Crippen LogP contribution in [0.2, 0.25) is 6.04 Å². The summed E-state index contributed by atoms with van der Waals surface area (Å²) in [5, 5.41) is 0. The molecule has 0 saturated heterocycles. The molecule has 0 aromatic heterocycles. The molecule has 4 nitrogen and oxygen atoms in total. The van der Waals surface area contributed by atoms with Crippen molar-refractivity contribution < 1.29 is 18.0 Å². The molecule has 5 heteroatoms. The van der Waals surface area contributed by atoms with Crippen molar-refractivity contribution in [1.29, 1.82) is 0 Å². The zero-order valence-electron chi connectivity index (χ0n) is 10.3. The van der Waals surface area contributed by atoms with Crippen molar-refractivity contribution in [3.63, 3.8) is 0 Å². The third-order valence-electron chi connectivity index (χ3n) is 2.00. The maximum absolute atomic E-state index is 5.32. The average molecular weight is 234 g/mol. The normalized spacial score (nSPS) is 11.3. The van der Waals surface area contributed by atoms with Gasteiger partial charge in [0.1, 0.15) is 0 Å². The van der Waals surface area contributed by atoms with Gasteiger partial charge in [-0.15, -0.1) is 0 Å². The molecule has 0 aromatic rings. The SMILES string of the molecule is CO[Si](CCCOC=C(C)C)(OC)OC. The Hall–Kier alpha value is -0.363. The Balaban J connectivity index is 3.77. The minimum absolute atomic E-state index is 0.663. The second kappa shape index (κ2) is 7.87. The van der Waals surface area contributed by atoms with Crippen LogP contribution >= 0.6 is 0 Å². The predicted octanol–water partition coefficient (Wildman–Crippen LogP) is 2.19. The van der Waals surface area contributed by atoms with Gasteiger partial charge in [-0.25, -0.2) is 0 Å². The summed E-state index contributed by atoms with van der Waals surface area (Å²) >= 11 is 0. The van der Waals surface area contributed by atoms with Crippen LogP contribution < -0.4 is 0 Å². The van der Waals surface area contributed by atoms with Crippen molar-refractivity contribution in [1.82, 2.24) is 0 Å². The van der Waals surface area contributed by atoms with E-state index in [2.05, 4.69) is 0 Å². The summed E-state index contributed by atoms with van der Waals surface area (Å²) in [5.74, 6) is 0. The Labute approximate surface area is 93.5 Å². The number of rotatable bonds is 8. The lowest BCUT2D eigenvalue weighted by atomic mass is 10.4. The molecule has 0 spiro atoms. The third kappa shape index (κ3) is 5.94. The number of ether oxygens (including phenoxy) is 1. The monoisotopic (exact) mass is 234 g/mol. The van der Waals surface area contributed by atoms with Crippen molar-refractivity contribution >= 4 is 8.80 Å². The van der Waals surface area contributed by atoms with Crippen LogP contribution in [0.5, 0.6) is 0 Å². The minimum Gasteiger partial charge on any atom is -0.501 e. The van der Waals surface area contributed by atoms with Gasteiger partial charge in [0.25, 0.3) is 0 Å². The van der Waals surface area contributed by atoms with Crippen LogP contribution in [0.1, 0.15) is 20.3 Å². The largest absolute Gasteiger partial charge is 0.501 e. The number of hydrogen-bond acceptors (Lipinski definition) is 4. The summed E-state index contributed by atoms with van der Waals surface area (Å²) in [6.07, 6.45) is 2.63. The van der Waals surface area contributed by atoms with Gasteiger partial charge in [0.15, 0.2) is 0 Å². The standard InChI is InChI=1S/C10H22O4Si/c1-10(2)9-14-7-6-8-15(11-3,12-4)13-5/h9H,6-8H2,1-5H3. The highest BCUT2D eigenvalue weighted by atomic mass is 28.4. The lowest BCUT2D eigenvalue weighted by Gasteiger charge is -2.23. The van der Waals surface area contributed by atoms with Crippen LogP contribution in [-0.2, 0) is 18.0 Å². The Kier molecular flexibility index (Phi) is 7.68. The molecule has 0 unspecified atom stereocenters. The van der Waals surface area contributed by atoms with Crippen LogP contribution in [0.15, 0.2) is 11.8 Å². The molecule has 0 fully saturated rings. The van der Waals surface area contributed by atoms with Gasteiger partial charge in [-0.05, 0) is 25.8 Å². The molecule has 0 aliphatic carbocycles. The number of allylic oxidation sites excluding steroid dienone is 1. The van der Waals surface area contributed by atoms with Gasteiger partial charge in [-0.3, -0.25) is 0 Å². The third-order valence-corrected chi connectivity index (χ3v) is 4.83. The first kappa shape index (κ1) is 14.6. The minimum atomic E-state index is -2.40. The fourth-order valence-corrected chi connectivity index (χ4v) is 2.84. The average Bonchev–Trinajstić information content (AvgIpc) is 2.24. The molecule has 0 bridgehead atoms. The lowest BCUT2D eigenvalue weighted by Crippen LogP contribution is -2.42. The van der Waals surface area contributed by atoms with Gasteiger partial charge >= 0.3 is 8.80 Å². The highest BCUT2D eigenvalue weighted by Gasteiger charge is 2.36. The van der Waals surface area contributed by atoms with Crippen molar-refractivity contribution in [2.75, 3.05) is 27.9 Å². The van der Waals surface area contributed by atoms with E-state index in [4.69, 9.17) is 18.0 Å². The van der Waals surface area contributed by atoms with Crippen molar-refractivity contribution in [3.05, 3.63) is 11.8 Å². The summed E-state index contributed by atoms with van der Waals surface area (Å²) in [7, 11) is 2.47. The zero-order chi connectivity index (χ0) is 11.7. The van der Waals surface area contributed by atoms with Gasteiger partial charge in [0.2, 0.25) is 0 Å². The van der Waals surface area contributed by atoms with Gasteiger partial charge in [0.05, 0.1) is 12.9 Å². The van der Waals surface area contributed by atoms with Crippen molar-refractivity contribution in [2.24, 2.45) is 0 Å². The van der Waals surface area contributed by atoms with Crippen LogP contribution in [0.3, 0.4) is 0 Å². The van der Waals surface area contributed by atoms with Gasteiger partial charge < -0.3 is 18.0 Å². The Morgan fingerprint density at radius 2 is 1.60 bits per heavy atom. The topological polar surface area (TPSA) is 36.9 Å². The molecular formula is C10H22O4Si. The first-order valence-electron chi connectivity index (χ1n) is 5.00. The first-order valence-corrected chi connectivity index (χ1v) is 6.94. The molecule has 0 N–H and O–H groups in total. The Morgan fingerprint density at radius 3 is 2.00 bits per heavy atom. The summed E-state index contributed by atoms with van der Waals surface area (Å²) in [4.78, 5) is 0. The van der Waals surface area contributed by atoms with Crippen LogP contribution in [0.4, 0.5) is 0 Å². The molecule has 0 aliphatic heterocycles. The molecule has 15 heavy (non-hydrogen) atoms.